The molecule has 0 aromatic carbocycles. The summed E-state index contributed by atoms with van der Waals surface area (Å²) in [5.41, 5.74) is 0. The van der Waals surface area contributed by atoms with E-state index < -0.39 is 0 Å². The van der Waals surface area contributed by atoms with Crippen molar-refractivity contribution in [1.29, 1.82) is 0 Å². The maximum absolute atomic E-state index is 9.40. The largest absolute Gasteiger partial charge is 0.391 e. The van der Waals surface area contributed by atoms with Crippen LogP contribution in [-0.4, -0.2) is 37.0 Å². The molecule has 0 aromatic heterocycles. The van der Waals surface area contributed by atoms with E-state index in [2.05, 4.69) is 12.2 Å². The van der Waals surface area contributed by atoms with Crippen LogP contribution in [0, 0.1) is 0 Å². The standard InChI is InChI=1S/C9H19NO2/c1-2-3-6-12-7-8-9(11)4-5-10-8/h8-11H,2-7H2,1H3/t8-,9-/m1/s1. The van der Waals surface area contributed by atoms with Crippen LogP contribution < -0.4 is 5.32 Å². The van der Waals surface area contributed by atoms with Crippen LogP contribution in [0.25, 0.3) is 0 Å². The lowest BCUT2D eigenvalue weighted by molar-refractivity contribution is 0.0674. The van der Waals surface area contributed by atoms with Crippen molar-refractivity contribution in [3.05, 3.63) is 0 Å². The average Bonchev–Trinajstić information content (AvgIpc) is 2.46. The molecule has 0 spiro atoms. The van der Waals surface area contributed by atoms with Crippen molar-refractivity contribution in [2.45, 2.75) is 38.3 Å². The first-order chi connectivity index (χ1) is 5.84. The second-order valence-corrected chi connectivity index (χ2v) is 3.35. The number of rotatable bonds is 5. The fourth-order valence-electron chi connectivity index (χ4n) is 1.38. The summed E-state index contributed by atoms with van der Waals surface area (Å²) in [5, 5.41) is 12.6. The quantitative estimate of drug-likeness (QED) is 0.596. The third kappa shape index (κ3) is 3.09. The molecule has 0 amide bonds. The lowest BCUT2D eigenvalue weighted by atomic mass is 10.2. The van der Waals surface area contributed by atoms with E-state index in [9.17, 15) is 5.11 Å². The molecule has 0 unspecified atom stereocenters. The van der Waals surface area contributed by atoms with Gasteiger partial charge in [0.15, 0.2) is 0 Å². The Morgan fingerprint density at radius 2 is 2.42 bits per heavy atom. The molecule has 1 aliphatic rings. The Kier molecular flexibility index (Phi) is 4.58. The van der Waals surface area contributed by atoms with Crippen molar-refractivity contribution in [3.63, 3.8) is 0 Å². The maximum Gasteiger partial charge on any atom is 0.0727 e. The fourth-order valence-corrected chi connectivity index (χ4v) is 1.38. The fraction of sp³-hybridized carbons (Fsp3) is 1.00. The van der Waals surface area contributed by atoms with Gasteiger partial charge >= 0.3 is 0 Å². The first kappa shape index (κ1) is 9.96. The summed E-state index contributed by atoms with van der Waals surface area (Å²) in [5.74, 6) is 0. The molecule has 2 atom stereocenters. The minimum absolute atomic E-state index is 0.168. The van der Waals surface area contributed by atoms with Crippen LogP contribution in [0.2, 0.25) is 0 Å². The molecule has 0 radical (unpaired) electrons. The highest BCUT2D eigenvalue weighted by molar-refractivity contribution is 4.82. The van der Waals surface area contributed by atoms with E-state index in [0.717, 1.165) is 26.0 Å². The Morgan fingerprint density at radius 1 is 1.58 bits per heavy atom. The van der Waals surface area contributed by atoms with E-state index >= 15 is 0 Å². The SMILES string of the molecule is CCCCOC[C@H]1NCC[C@H]1O. The minimum atomic E-state index is -0.202. The summed E-state index contributed by atoms with van der Waals surface area (Å²) in [4.78, 5) is 0. The van der Waals surface area contributed by atoms with Gasteiger partial charge in [-0.2, -0.15) is 0 Å². The normalized spacial score (nSPS) is 29.5. The van der Waals surface area contributed by atoms with Crippen molar-refractivity contribution in [1.82, 2.24) is 5.32 Å². The topological polar surface area (TPSA) is 41.5 Å². The van der Waals surface area contributed by atoms with E-state index in [-0.39, 0.29) is 12.1 Å². The van der Waals surface area contributed by atoms with Gasteiger partial charge in [0, 0.05) is 6.61 Å². The van der Waals surface area contributed by atoms with Gasteiger partial charge in [-0.15, -0.1) is 0 Å². The van der Waals surface area contributed by atoms with Crippen LogP contribution in [0.5, 0.6) is 0 Å². The first-order valence-electron chi connectivity index (χ1n) is 4.83. The van der Waals surface area contributed by atoms with E-state index in [1.165, 1.54) is 6.42 Å². The molecule has 0 aliphatic carbocycles. The van der Waals surface area contributed by atoms with Crippen molar-refractivity contribution < 1.29 is 9.84 Å². The molecule has 1 saturated heterocycles. The zero-order valence-corrected chi connectivity index (χ0v) is 7.75. The Morgan fingerprint density at radius 3 is 3.00 bits per heavy atom. The third-order valence-corrected chi connectivity index (χ3v) is 2.25. The van der Waals surface area contributed by atoms with E-state index in [0.29, 0.717) is 6.61 Å². The molecular weight excluding hydrogens is 154 g/mol. The minimum Gasteiger partial charge on any atom is -0.391 e. The highest BCUT2D eigenvalue weighted by Crippen LogP contribution is 2.06. The van der Waals surface area contributed by atoms with Gasteiger partial charge < -0.3 is 15.2 Å². The molecule has 3 heteroatoms. The number of aliphatic hydroxyl groups is 1. The Bertz CT molecular complexity index is 119. The molecule has 12 heavy (non-hydrogen) atoms. The Hall–Kier alpha value is -0.120. The highest BCUT2D eigenvalue weighted by Gasteiger charge is 2.24. The summed E-state index contributed by atoms with van der Waals surface area (Å²) in [6.45, 7) is 4.54. The van der Waals surface area contributed by atoms with Crippen LogP contribution in [-0.2, 0) is 4.74 Å². The molecule has 0 aromatic rings. The number of aliphatic hydroxyl groups excluding tert-OH is 1. The van der Waals surface area contributed by atoms with E-state index in [1.54, 1.807) is 0 Å². The van der Waals surface area contributed by atoms with E-state index in [4.69, 9.17) is 4.74 Å². The molecule has 0 bridgehead atoms. The zero-order valence-electron chi connectivity index (χ0n) is 7.75. The monoisotopic (exact) mass is 173 g/mol. The Labute approximate surface area is 74.1 Å². The number of ether oxygens (including phenoxy) is 1. The van der Waals surface area contributed by atoms with Crippen LogP contribution in [0.15, 0.2) is 0 Å². The Balaban J connectivity index is 1.98. The maximum atomic E-state index is 9.40. The summed E-state index contributed by atoms with van der Waals surface area (Å²) in [7, 11) is 0. The summed E-state index contributed by atoms with van der Waals surface area (Å²) < 4.78 is 5.41. The molecule has 3 nitrogen and oxygen atoms in total. The van der Waals surface area contributed by atoms with E-state index in [1.807, 2.05) is 0 Å². The molecule has 2 N–H and O–H groups in total. The van der Waals surface area contributed by atoms with Gasteiger partial charge in [0.05, 0.1) is 18.8 Å². The van der Waals surface area contributed by atoms with Gasteiger partial charge in [-0.1, -0.05) is 13.3 Å². The van der Waals surface area contributed by atoms with Crippen LogP contribution in [0.4, 0.5) is 0 Å². The van der Waals surface area contributed by atoms with Crippen molar-refractivity contribution in [2.24, 2.45) is 0 Å². The third-order valence-electron chi connectivity index (χ3n) is 2.25. The number of hydrogen-bond donors (Lipinski definition) is 2. The molecule has 1 heterocycles. The smallest absolute Gasteiger partial charge is 0.0727 e. The second-order valence-electron chi connectivity index (χ2n) is 3.35. The van der Waals surface area contributed by atoms with Gasteiger partial charge in [0.2, 0.25) is 0 Å². The van der Waals surface area contributed by atoms with Gasteiger partial charge in [0.25, 0.3) is 0 Å². The molecule has 1 fully saturated rings. The van der Waals surface area contributed by atoms with Gasteiger partial charge in [-0.3, -0.25) is 0 Å². The number of nitrogens with one attached hydrogen (secondary N) is 1. The number of unbranched alkanes of at least 4 members (excludes halogenated alkanes) is 1. The summed E-state index contributed by atoms with van der Waals surface area (Å²) in [6, 6.07) is 0.168. The molecule has 1 rings (SSSR count). The average molecular weight is 173 g/mol. The molecule has 1 aliphatic heterocycles. The molecule has 0 saturated carbocycles. The summed E-state index contributed by atoms with van der Waals surface area (Å²) in [6.07, 6.45) is 2.94. The van der Waals surface area contributed by atoms with Crippen molar-refractivity contribution >= 4 is 0 Å². The predicted molar refractivity (Wildman–Crippen MR) is 48.1 cm³/mol. The second kappa shape index (κ2) is 5.51. The lowest BCUT2D eigenvalue weighted by Crippen LogP contribution is -2.35. The van der Waals surface area contributed by atoms with Gasteiger partial charge in [-0.25, -0.2) is 0 Å². The molecule has 72 valence electrons. The van der Waals surface area contributed by atoms with Gasteiger partial charge in [0.1, 0.15) is 0 Å². The zero-order chi connectivity index (χ0) is 8.81. The van der Waals surface area contributed by atoms with Crippen molar-refractivity contribution in [2.75, 3.05) is 19.8 Å². The van der Waals surface area contributed by atoms with Crippen LogP contribution >= 0.6 is 0 Å². The summed E-state index contributed by atoms with van der Waals surface area (Å²) >= 11 is 0. The lowest BCUT2D eigenvalue weighted by Gasteiger charge is -2.14. The highest BCUT2D eigenvalue weighted by atomic mass is 16.5. The van der Waals surface area contributed by atoms with Gasteiger partial charge in [-0.05, 0) is 19.4 Å². The van der Waals surface area contributed by atoms with Crippen LogP contribution in [0.1, 0.15) is 26.2 Å². The van der Waals surface area contributed by atoms with Crippen LogP contribution in [0.3, 0.4) is 0 Å². The first-order valence-corrected chi connectivity index (χ1v) is 4.83. The predicted octanol–water partition coefficient (Wildman–Crippen LogP) is 0.526. The van der Waals surface area contributed by atoms with Crippen molar-refractivity contribution in [3.8, 4) is 0 Å². The number of hydrogen-bond acceptors (Lipinski definition) is 3. The molecular formula is C9H19NO2.